The number of imidazole rings is 1. The van der Waals surface area contributed by atoms with Gasteiger partial charge in [0.15, 0.2) is 5.82 Å². The summed E-state index contributed by atoms with van der Waals surface area (Å²) >= 11 is 0. The molecule has 3 amide bonds. The average Bonchev–Trinajstić information content (AvgIpc) is 3.61. The van der Waals surface area contributed by atoms with Gasteiger partial charge in [-0.2, -0.15) is 0 Å². The van der Waals surface area contributed by atoms with Crippen molar-refractivity contribution in [1.82, 2.24) is 19.8 Å². The van der Waals surface area contributed by atoms with E-state index in [2.05, 4.69) is 22.5 Å². The molecule has 1 aromatic heterocycles. The Bertz CT molecular complexity index is 1260. The van der Waals surface area contributed by atoms with E-state index in [1.54, 1.807) is 17.1 Å². The molecule has 1 fully saturated rings. The van der Waals surface area contributed by atoms with Crippen LogP contribution in [0.3, 0.4) is 0 Å². The van der Waals surface area contributed by atoms with E-state index in [0.717, 1.165) is 30.5 Å². The lowest BCUT2D eigenvalue weighted by atomic mass is 9.95. The van der Waals surface area contributed by atoms with Crippen molar-refractivity contribution < 1.29 is 19.1 Å². The van der Waals surface area contributed by atoms with Gasteiger partial charge in [0.2, 0.25) is 18.2 Å². The van der Waals surface area contributed by atoms with Crippen LogP contribution >= 0.6 is 0 Å². The van der Waals surface area contributed by atoms with E-state index >= 15 is 0 Å². The molecule has 0 spiro atoms. The standard InChI is InChI=1S/C18H22N4O2.C15H23NO2/c1-14-6-5-9-22(14)18(24)16(10-15-7-3-2-4-8-15)21-11-17(19-12-21)20-13-23;1-12(16-14(17)15(2,3)4)10-18-11-13-8-6-5-7-9-13/h2-4,7-8,11-14,16H,5-6,9-10H2,1H3,(H,20,23);5-9,12H,10-11H2,1-4H3,(H,16,17)/t14-,16?;12-/m10/s1. The van der Waals surface area contributed by atoms with Crippen molar-refractivity contribution in [2.75, 3.05) is 18.5 Å². The zero-order chi connectivity index (χ0) is 30.5. The summed E-state index contributed by atoms with van der Waals surface area (Å²) in [5.41, 5.74) is 1.89. The second-order valence-corrected chi connectivity index (χ2v) is 11.8. The van der Waals surface area contributed by atoms with Crippen molar-refractivity contribution in [1.29, 1.82) is 0 Å². The molecule has 9 heteroatoms. The number of rotatable bonds is 11. The molecule has 1 unspecified atom stereocenters. The van der Waals surface area contributed by atoms with Gasteiger partial charge in [0.05, 0.1) is 19.5 Å². The summed E-state index contributed by atoms with van der Waals surface area (Å²) < 4.78 is 7.38. The summed E-state index contributed by atoms with van der Waals surface area (Å²) in [5, 5.41) is 5.47. The van der Waals surface area contributed by atoms with Crippen LogP contribution in [0.25, 0.3) is 0 Å². The van der Waals surface area contributed by atoms with Crippen molar-refractivity contribution in [3.05, 3.63) is 84.3 Å². The summed E-state index contributed by atoms with van der Waals surface area (Å²) in [6.45, 7) is 11.7. The van der Waals surface area contributed by atoms with Crippen LogP contribution in [0.15, 0.2) is 73.2 Å². The first-order valence-corrected chi connectivity index (χ1v) is 14.6. The number of nitrogens with one attached hydrogen (secondary N) is 2. The zero-order valence-electron chi connectivity index (χ0n) is 25.5. The minimum Gasteiger partial charge on any atom is -0.375 e. The molecule has 0 saturated carbocycles. The van der Waals surface area contributed by atoms with Gasteiger partial charge in [0.1, 0.15) is 6.04 Å². The van der Waals surface area contributed by atoms with Gasteiger partial charge in [0, 0.05) is 36.7 Å². The van der Waals surface area contributed by atoms with Crippen LogP contribution in [-0.2, 0) is 32.1 Å². The predicted molar refractivity (Wildman–Crippen MR) is 165 cm³/mol. The fourth-order valence-electron chi connectivity index (χ4n) is 4.66. The SMILES string of the molecule is C[C@@H](COCc1ccccc1)NC(=O)C(C)(C)C.C[C@@H]1CCCN1C(=O)C(Cc1ccccc1)n1cnc(NC=O)c1. The minimum absolute atomic E-state index is 0.0282. The highest BCUT2D eigenvalue weighted by atomic mass is 16.5. The van der Waals surface area contributed by atoms with Crippen molar-refractivity contribution in [2.24, 2.45) is 5.41 Å². The van der Waals surface area contributed by atoms with Gasteiger partial charge in [0.25, 0.3) is 0 Å². The van der Waals surface area contributed by atoms with E-state index in [-0.39, 0.29) is 35.4 Å². The monoisotopic (exact) mass is 575 g/mol. The Hall–Kier alpha value is -3.98. The molecule has 1 aliphatic rings. The van der Waals surface area contributed by atoms with Crippen molar-refractivity contribution in [3.63, 3.8) is 0 Å². The number of aromatic nitrogens is 2. The molecular formula is C33H45N5O4. The predicted octanol–water partition coefficient (Wildman–Crippen LogP) is 5.00. The van der Waals surface area contributed by atoms with Gasteiger partial charge in [-0.25, -0.2) is 4.98 Å². The quantitative estimate of drug-likeness (QED) is 0.313. The van der Waals surface area contributed by atoms with Gasteiger partial charge in [-0.1, -0.05) is 81.4 Å². The van der Waals surface area contributed by atoms with Crippen molar-refractivity contribution >= 4 is 24.0 Å². The lowest BCUT2D eigenvalue weighted by Crippen LogP contribution is -2.42. The molecule has 1 saturated heterocycles. The third-order valence-corrected chi connectivity index (χ3v) is 7.10. The largest absolute Gasteiger partial charge is 0.375 e. The minimum atomic E-state index is -0.359. The Kier molecular flexibility index (Phi) is 12.3. The Morgan fingerprint density at radius 1 is 1.07 bits per heavy atom. The van der Waals surface area contributed by atoms with Gasteiger partial charge in [-0.05, 0) is 37.8 Å². The first-order chi connectivity index (χ1) is 20.1. The van der Waals surface area contributed by atoms with Crippen LogP contribution in [0.2, 0.25) is 0 Å². The number of carbonyl (C=O) groups excluding carboxylic acids is 3. The first kappa shape index (κ1) is 32.5. The number of anilines is 1. The van der Waals surface area contributed by atoms with Gasteiger partial charge >= 0.3 is 0 Å². The van der Waals surface area contributed by atoms with E-state index < -0.39 is 0 Å². The van der Waals surface area contributed by atoms with Crippen LogP contribution in [0.1, 0.15) is 64.6 Å². The lowest BCUT2D eigenvalue weighted by molar-refractivity contribution is -0.135. The van der Waals surface area contributed by atoms with Crippen LogP contribution in [0.5, 0.6) is 0 Å². The number of likely N-dealkylation sites (tertiary alicyclic amines) is 1. The van der Waals surface area contributed by atoms with E-state index in [0.29, 0.717) is 31.9 Å². The maximum atomic E-state index is 13.1. The summed E-state index contributed by atoms with van der Waals surface area (Å²) in [5.74, 6) is 0.613. The number of nitrogens with zero attached hydrogens (tertiary/aromatic N) is 3. The molecule has 3 aromatic rings. The number of ether oxygens (including phenoxy) is 1. The second-order valence-electron chi connectivity index (χ2n) is 11.8. The van der Waals surface area contributed by atoms with E-state index in [9.17, 15) is 14.4 Å². The highest BCUT2D eigenvalue weighted by Gasteiger charge is 2.32. The Balaban J connectivity index is 0.000000241. The molecule has 2 heterocycles. The highest BCUT2D eigenvalue weighted by Crippen LogP contribution is 2.25. The maximum absolute atomic E-state index is 13.1. The van der Waals surface area contributed by atoms with Gasteiger partial charge in [-0.3, -0.25) is 14.4 Å². The number of carbonyl (C=O) groups is 3. The van der Waals surface area contributed by atoms with Crippen LogP contribution in [0.4, 0.5) is 5.82 Å². The molecule has 226 valence electrons. The number of amides is 3. The molecule has 9 nitrogen and oxygen atoms in total. The molecule has 0 aliphatic carbocycles. The fraction of sp³-hybridized carbons (Fsp3) is 0.455. The molecular weight excluding hydrogens is 530 g/mol. The molecule has 4 rings (SSSR count). The lowest BCUT2D eigenvalue weighted by Gasteiger charge is -2.27. The van der Waals surface area contributed by atoms with E-state index in [1.807, 2.05) is 93.3 Å². The van der Waals surface area contributed by atoms with Crippen LogP contribution in [-0.4, -0.2) is 57.9 Å². The molecule has 3 atom stereocenters. The van der Waals surface area contributed by atoms with Crippen LogP contribution in [0, 0.1) is 5.41 Å². The Labute approximate surface area is 249 Å². The van der Waals surface area contributed by atoms with Gasteiger partial charge in [-0.15, -0.1) is 0 Å². The number of benzene rings is 2. The van der Waals surface area contributed by atoms with Crippen LogP contribution < -0.4 is 10.6 Å². The molecule has 0 bridgehead atoms. The summed E-state index contributed by atoms with van der Waals surface area (Å²) in [6, 6.07) is 19.9. The van der Waals surface area contributed by atoms with Crippen molar-refractivity contribution in [3.8, 4) is 0 Å². The fourth-order valence-corrected chi connectivity index (χ4v) is 4.66. The highest BCUT2D eigenvalue weighted by molar-refractivity contribution is 5.82. The maximum Gasteiger partial charge on any atom is 0.246 e. The molecule has 0 radical (unpaired) electrons. The second kappa shape index (κ2) is 15.9. The Morgan fingerprint density at radius 3 is 2.29 bits per heavy atom. The van der Waals surface area contributed by atoms with Crippen molar-refractivity contribution in [2.45, 2.75) is 78.6 Å². The normalized spacial score (nSPS) is 16.1. The third kappa shape index (κ3) is 10.1. The Morgan fingerprint density at radius 2 is 1.71 bits per heavy atom. The molecule has 2 N–H and O–H groups in total. The van der Waals surface area contributed by atoms with E-state index in [1.165, 1.54) is 0 Å². The van der Waals surface area contributed by atoms with Gasteiger partial charge < -0.3 is 24.8 Å². The molecule has 42 heavy (non-hydrogen) atoms. The van der Waals surface area contributed by atoms with E-state index in [4.69, 9.17) is 4.74 Å². The summed E-state index contributed by atoms with van der Waals surface area (Å²) in [6.07, 6.45) is 6.60. The number of hydrogen-bond acceptors (Lipinski definition) is 5. The third-order valence-electron chi connectivity index (χ3n) is 7.10. The molecule has 2 aromatic carbocycles. The number of hydrogen-bond donors (Lipinski definition) is 2. The zero-order valence-corrected chi connectivity index (χ0v) is 25.5. The first-order valence-electron chi connectivity index (χ1n) is 14.6. The average molecular weight is 576 g/mol. The topological polar surface area (TPSA) is 106 Å². The summed E-state index contributed by atoms with van der Waals surface area (Å²) in [7, 11) is 0. The smallest absolute Gasteiger partial charge is 0.246 e. The molecule has 1 aliphatic heterocycles. The summed E-state index contributed by atoms with van der Waals surface area (Å²) in [4.78, 5) is 41.6.